The predicted molar refractivity (Wildman–Crippen MR) is 99.2 cm³/mol. The van der Waals surface area contributed by atoms with Crippen molar-refractivity contribution in [1.82, 2.24) is 15.2 Å². The summed E-state index contributed by atoms with van der Waals surface area (Å²) in [5, 5.41) is 3.08. The van der Waals surface area contributed by atoms with Gasteiger partial charge in [0.25, 0.3) is 5.91 Å². The summed E-state index contributed by atoms with van der Waals surface area (Å²) in [5.41, 5.74) is 1.60. The van der Waals surface area contributed by atoms with Crippen LogP contribution < -0.4 is 5.32 Å². The molecule has 0 radical (unpaired) electrons. The van der Waals surface area contributed by atoms with Crippen LogP contribution in [0.1, 0.15) is 28.8 Å². The van der Waals surface area contributed by atoms with Crippen molar-refractivity contribution in [2.75, 3.05) is 13.1 Å². The zero-order chi connectivity index (χ0) is 17.6. The summed E-state index contributed by atoms with van der Waals surface area (Å²) in [6.07, 6.45) is 5.18. The van der Waals surface area contributed by atoms with Crippen molar-refractivity contribution >= 4 is 27.7 Å². The van der Waals surface area contributed by atoms with Gasteiger partial charge in [-0.15, -0.1) is 0 Å². The van der Waals surface area contributed by atoms with Crippen molar-refractivity contribution in [3.63, 3.8) is 0 Å². The van der Waals surface area contributed by atoms with Gasteiger partial charge in [-0.2, -0.15) is 0 Å². The Labute approximate surface area is 155 Å². The summed E-state index contributed by atoms with van der Waals surface area (Å²) < 4.78 is 1.00. The summed E-state index contributed by atoms with van der Waals surface area (Å²) in [7, 11) is 0. The number of likely N-dealkylation sites (tertiary alicyclic amines) is 1. The normalized spacial score (nSPS) is 15.0. The minimum absolute atomic E-state index is 0.00717. The standard InChI is InChI=1S/C19H20BrN3O2/c20-16-5-3-14(4-6-16)12-18(24)22-17-7-10-23(11-8-17)19(25)15-2-1-9-21-13-15/h1-6,9,13,17H,7-8,10-12H2,(H,22,24). The molecule has 2 amide bonds. The van der Waals surface area contributed by atoms with Gasteiger partial charge in [-0.3, -0.25) is 14.6 Å². The molecule has 6 heteroatoms. The molecule has 0 unspecified atom stereocenters. The molecule has 5 nitrogen and oxygen atoms in total. The quantitative estimate of drug-likeness (QED) is 0.856. The van der Waals surface area contributed by atoms with Crippen LogP contribution in [0.2, 0.25) is 0 Å². The molecular weight excluding hydrogens is 382 g/mol. The fourth-order valence-electron chi connectivity index (χ4n) is 2.97. The third-order valence-electron chi connectivity index (χ3n) is 4.33. The Bertz CT molecular complexity index is 726. The van der Waals surface area contributed by atoms with E-state index in [4.69, 9.17) is 0 Å². The number of hydrogen-bond acceptors (Lipinski definition) is 3. The van der Waals surface area contributed by atoms with Gasteiger partial charge in [0, 0.05) is 36.0 Å². The van der Waals surface area contributed by atoms with Crippen LogP contribution in [0.3, 0.4) is 0 Å². The van der Waals surface area contributed by atoms with Gasteiger partial charge in [-0.05, 0) is 42.7 Å². The number of rotatable bonds is 4. The molecule has 0 atom stereocenters. The summed E-state index contributed by atoms with van der Waals surface area (Å²) in [4.78, 5) is 30.4. The molecule has 1 N–H and O–H groups in total. The highest BCUT2D eigenvalue weighted by atomic mass is 79.9. The maximum atomic E-state index is 12.4. The van der Waals surface area contributed by atoms with E-state index in [1.54, 1.807) is 24.5 Å². The topological polar surface area (TPSA) is 62.3 Å². The van der Waals surface area contributed by atoms with Gasteiger partial charge in [-0.25, -0.2) is 0 Å². The summed E-state index contributed by atoms with van der Waals surface area (Å²) in [6, 6.07) is 11.4. The molecule has 1 aliphatic rings. The molecule has 1 saturated heterocycles. The first-order valence-electron chi connectivity index (χ1n) is 8.35. The zero-order valence-corrected chi connectivity index (χ0v) is 15.4. The van der Waals surface area contributed by atoms with Crippen molar-refractivity contribution in [2.24, 2.45) is 0 Å². The highest BCUT2D eigenvalue weighted by Crippen LogP contribution is 2.15. The fraction of sp³-hybridized carbons (Fsp3) is 0.316. The second kappa shape index (κ2) is 8.25. The SMILES string of the molecule is O=C(Cc1ccc(Br)cc1)NC1CCN(C(=O)c2cccnc2)CC1. The lowest BCUT2D eigenvalue weighted by Crippen LogP contribution is -2.46. The molecule has 0 saturated carbocycles. The van der Waals surface area contributed by atoms with Gasteiger partial charge < -0.3 is 10.2 Å². The molecule has 1 aromatic heterocycles. The van der Waals surface area contributed by atoms with E-state index >= 15 is 0 Å². The van der Waals surface area contributed by atoms with Crippen LogP contribution in [0.15, 0.2) is 53.3 Å². The van der Waals surface area contributed by atoms with E-state index in [0.717, 1.165) is 22.9 Å². The van der Waals surface area contributed by atoms with E-state index < -0.39 is 0 Å². The smallest absolute Gasteiger partial charge is 0.255 e. The minimum Gasteiger partial charge on any atom is -0.353 e. The number of piperidine rings is 1. The van der Waals surface area contributed by atoms with Crippen molar-refractivity contribution in [3.05, 3.63) is 64.4 Å². The fourth-order valence-corrected chi connectivity index (χ4v) is 3.23. The van der Waals surface area contributed by atoms with Crippen molar-refractivity contribution in [1.29, 1.82) is 0 Å². The largest absolute Gasteiger partial charge is 0.353 e. The number of hydrogen-bond donors (Lipinski definition) is 1. The Morgan fingerprint density at radius 1 is 1.16 bits per heavy atom. The highest BCUT2D eigenvalue weighted by Gasteiger charge is 2.24. The van der Waals surface area contributed by atoms with Gasteiger partial charge in [0.1, 0.15) is 0 Å². The monoisotopic (exact) mass is 401 g/mol. The maximum Gasteiger partial charge on any atom is 0.255 e. The Morgan fingerprint density at radius 3 is 2.52 bits per heavy atom. The molecule has 1 aromatic carbocycles. The van der Waals surface area contributed by atoms with Crippen molar-refractivity contribution in [2.45, 2.75) is 25.3 Å². The number of aromatic nitrogens is 1. The van der Waals surface area contributed by atoms with Crippen LogP contribution in [0.5, 0.6) is 0 Å². The van der Waals surface area contributed by atoms with Crippen LogP contribution in [0.25, 0.3) is 0 Å². The molecule has 2 aromatic rings. The average molecular weight is 402 g/mol. The maximum absolute atomic E-state index is 12.4. The molecule has 0 bridgehead atoms. The third-order valence-corrected chi connectivity index (χ3v) is 4.86. The van der Waals surface area contributed by atoms with E-state index in [0.29, 0.717) is 25.1 Å². The number of halogens is 1. The molecular formula is C19H20BrN3O2. The zero-order valence-electron chi connectivity index (χ0n) is 13.8. The molecule has 2 heterocycles. The van der Waals surface area contributed by atoms with E-state index in [-0.39, 0.29) is 17.9 Å². The van der Waals surface area contributed by atoms with E-state index in [2.05, 4.69) is 26.2 Å². The van der Waals surface area contributed by atoms with Gasteiger partial charge in [-0.1, -0.05) is 28.1 Å². The van der Waals surface area contributed by atoms with Crippen LogP contribution in [-0.2, 0) is 11.2 Å². The van der Waals surface area contributed by atoms with Crippen molar-refractivity contribution < 1.29 is 9.59 Å². The number of amides is 2. The Kier molecular flexibility index (Phi) is 5.81. The second-order valence-corrected chi connectivity index (χ2v) is 7.09. The van der Waals surface area contributed by atoms with E-state index in [1.807, 2.05) is 29.2 Å². The number of carbonyl (C=O) groups is 2. The van der Waals surface area contributed by atoms with Crippen LogP contribution in [0, 0.1) is 0 Å². The summed E-state index contributed by atoms with van der Waals surface area (Å²) >= 11 is 3.39. The Morgan fingerprint density at radius 2 is 1.88 bits per heavy atom. The minimum atomic E-state index is 0.00717. The first kappa shape index (κ1) is 17.6. The Balaban J connectivity index is 1.46. The second-order valence-electron chi connectivity index (χ2n) is 6.18. The molecule has 25 heavy (non-hydrogen) atoms. The van der Waals surface area contributed by atoms with E-state index in [1.165, 1.54) is 0 Å². The molecule has 0 aliphatic carbocycles. The van der Waals surface area contributed by atoms with Gasteiger partial charge in [0.05, 0.1) is 12.0 Å². The number of carbonyl (C=O) groups excluding carboxylic acids is 2. The number of pyridine rings is 1. The van der Waals surface area contributed by atoms with Crippen LogP contribution in [0.4, 0.5) is 0 Å². The van der Waals surface area contributed by atoms with Gasteiger partial charge in [0.15, 0.2) is 0 Å². The lowest BCUT2D eigenvalue weighted by atomic mass is 10.0. The Hall–Kier alpha value is -2.21. The lowest BCUT2D eigenvalue weighted by molar-refractivity contribution is -0.121. The number of benzene rings is 1. The van der Waals surface area contributed by atoms with E-state index in [9.17, 15) is 9.59 Å². The molecule has 3 rings (SSSR count). The highest BCUT2D eigenvalue weighted by molar-refractivity contribution is 9.10. The predicted octanol–water partition coefficient (Wildman–Crippen LogP) is 2.81. The van der Waals surface area contributed by atoms with Gasteiger partial charge >= 0.3 is 0 Å². The molecule has 1 fully saturated rings. The lowest BCUT2D eigenvalue weighted by Gasteiger charge is -2.32. The van der Waals surface area contributed by atoms with Crippen molar-refractivity contribution in [3.8, 4) is 0 Å². The van der Waals surface area contributed by atoms with Crippen LogP contribution in [-0.4, -0.2) is 40.8 Å². The number of nitrogens with one attached hydrogen (secondary N) is 1. The third kappa shape index (κ3) is 4.89. The van der Waals surface area contributed by atoms with Crippen LogP contribution >= 0.6 is 15.9 Å². The summed E-state index contributed by atoms with van der Waals surface area (Å²) in [5.74, 6) is 0.0343. The van der Waals surface area contributed by atoms with Gasteiger partial charge in [0.2, 0.25) is 5.91 Å². The first-order valence-corrected chi connectivity index (χ1v) is 9.14. The average Bonchev–Trinajstić information content (AvgIpc) is 2.64. The summed E-state index contributed by atoms with van der Waals surface area (Å²) in [6.45, 7) is 1.30. The molecule has 0 spiro atoms. The first-order chi connectivity index (χ1) is 12.1. The molecule has 1 aliphatic heterocycles. The molecule has 130 valence electrons. The number of nitrogens with zero attached hydrogens (tertiary/aromatic N) is 2.